The van der Waals surface area contributed by atoms with Crippen molar-refractivity contribution in [1.29, 1.82) is 0 Å². The van der Waals surface area contributed by atoms with Crippen molar-refractivity contribution in [1.82, 2.24) is 0 Å². The minimum atomic E-state index is 0.871. The van der Waals surface area contributed by atoms with Gasteiger partial charge in [-0.15, -0.1) is 11.5 Å². The van der Waals surface area contributed by atoms with Crippen molar-refractivity contribution < 1.29 is 0 Å². The Bertz CT molecular complexity index is 502. The van der Waals surface area contributed by atoms with Gasteiger partial charge in [0.1, 0.15) is 0 Å². The molecule has 0 saturated carbocycles. The highest BCUT2D eigenvalue weighted by Gasteiger charge is 2.01. The molecule has 0 saturated heterocycles. The van der Waals surface area contributed by atoms with Gasteiger partial charge in [-0.3, -0.25) is 0 Å². The summed E-state index contributed by atoms with van der Waals surface area (Å²) >= 11 is 0. The Labute approximate surface area is 95.1 Å². The first kappa shape index (κ1) is 10.4. The van der Waals surface area contributed by atoms with Gasteiger partial charge in [0.05, 0.1) is 11.4 Å². The van der Waals surface area contributed by atoms with Crippen molar-refractivity contribution in [3.63, 3.8) is 0 Å². The van der Waals surface area contributed by atoms with Gasteiger partial charge in [0.15, 0.2) is 0 Å². The lowest BCUT2D eigenvalue weighted by Crippen LogP contribution is -1.95. The molecule has 0 aliphatic heterocycles. The smallest absolute Gasteiger partial charge is 0.0749 e. The standard InChI is InChI=1S/C14H12N2/c1-11(13-7-3-4-8-13)15-16-12(2)14-9-5-6-10-14/h3-7,9H,1-2H3/b15-11+,16-12+. The third-order valence-corrected chi connectivity index (χ3v) is 2.33. The van der Waals surface area contributed by atoms with E-state index >= 15 is 0 Å². The maximum absolute atomic E-state index is 4.18. The van der Waals surface area contributed by atoms with Gasteiger partial charge in [-0.1, -0.05) is 12.2 Å². The number of allylic oxidation sites excluding steroid dienone is 6. The fourth-order valence-corrected chi connectivity index (χ4v) is 1.37. The normalized spacial score (nSPS) is 18.4. The van der Waals surface area contributed by atoms with Gasteiger partial charge in [-0.05, 0) is 38.2 Å². The number of nitrogens with zero attached hydrogens (tertiary/aromatic N) is 2. The maximum Gasteiger partial charge on any atom is 0.0749 e. The van der Waals surface area contributed by atoms with Crippen molar-refractivity contribution in [2.75, 3.05) is 0 Å². The summed E-state index contributed by atoms with van der Waals surface area (Å²) in [5.41, 5.74) is 9.90. The van der Waals surface area contributed by atoms with Crippen LogP contribution in [-0.2, 0) is 0 Å². The fourth-order valence-electron chi connectivity index (χ4n) is 1.37. The molecular weight excluding hydrogens is 196 g/mol. The Morgan fingerprint density at radius 3 is 1.62 bits per heavy atom. The van der Waals surface area contributed by atoms with Crippen molar-refractivity contribution in [2.24, 2.45) is 10.2 Å². The molecule has 78 valence electrons. The van der Waals surface area contributed by atoms with Crippen LogP contribution in [0.3, 0.4) is 0 Å². The molecule has 0 unspecified atom stereocenters. The average Bonchev–Trinajstić information content (AvgIpc) is 2.95. The minimum absolute atomic E-state index is 0.871. The molecular formula is C14H12N2. The second-order valence-corrected chi connectivity index (χ2v) is 3.54. The molecule has 2 aliphatic rings. The van der Waals surface area contributed by atoms with E-state index in [1.54, 1.807) is 0 Å². The summed E-state index contributed by atoms with van der Waals surface area (Å²) in [6.07, 6.45) is 11.6. The number of hydrogen-bond donors (Lipinski definition) is 0. The van der Waals surface area contributed by atoms with E-state index in [1.165, 1.54) is 0 Å². The lowest BCUT2D eigenvalue weighted by Gasteiger charge is -1.96. The first-order valence-electron chi connectivity index (χ1n) is 5.14. The summed E-state index contributed by atoms with van der Waals surface area (Å²) in [5.74, 6) is 0. The second-order valence-electron chi connectivity index (χ2n) is 3.54. The van der Waals surface area contributed by atoms with Gasteiger partial charge in [0.2, 0.25) is 0 Å². The van der Waals surface area contributed by atoms with Crippen molar-refractivity contribution in [3.8, 4) is 0 Å². The maximum atomic E-state index is 4.18. The minimum Gasteiger partial charge on any atom is -0.154 e. The van der Waals surface area contributed by atoms with Crippen LogP contribution in [-0.4, -0.2) is 11.4 Å². The number of hydrogen-bond acceptors (Lipinski definition) is 2. The monoisotopic (exact) mass is 208 g/mol. The van der Waals surface area contributed by atoms with Crippen LogP contribution in [0, 0.1) is 0 Å². The van der Waals surface area contributed by atoms with E-state index in [4.69, 9.17) is 0 Å². The Hall–Kier alpha value is -2.14. The van der Waals surface area contributed by atoms with Gasteiger partial charge in [0.25, 0.3) is 0 Å². The quantitative estimate of drug-likeness (QED) is 0.387. The van der Waals surface area contributed by atoms with Crippen molar-refractivity contribution in [2.45, 2.75) is 13.8 Å². The van der Waals surface area contributed by atoms with Gasteiger partial charge in [0, 0.05) is 11.1 Å². The van der Waals surface area contributed by atoms with Crippen LogP contribution in [0.5, 0.6) is 0 Å². The molecule has 2 nitrogen and oxygen atoms in total. The molecule has 0 spiro atoms. The molecule has 0 fully saturated rings. The zero-order valence-corrected chi connectivity index (χ0v) is 9.36. The summed E-state index contributed by atoms with van der Waals surface area (Å²) in [5, 5.41) is 8.35. The van der Waals surface area contributed by atoms with Crippen LogP contribution < -0.4 is 0 Å². The molecule has 0 N–H and O–H groups in total. The first-order chi connectivity index (χ1) is 7.77. The van der Waals surface area contributed by atoms with Gasteiger partial charge >= 0.3 is 0 Å². The predicted octanol–water partition coefficient (Wildman–Crippen LogP) is 3.13. The molecule has 0 aromatic heterocycles. The van der Waals surface area contributed by atoms with E-state index < -0.39 is 0 Å². The highest BCUT2D eigenvalue weighted by Crippen LogP contribution is 2.07. The van der Waals surface area contributed by atoms with Crippen LogP contribution in [0.25, 0.3) is 0 Å². The largest absolute Gasteiger partial charge is 0.154 e. The Morgan fingerprint density at radius 2 is 1.31 bits per heavy atom. The fraction of sp³-hybridized carbons (Fsp3) is 0.143. The summed E-state index contributed by atoms with van der Waals surface area (Å²) in [7, 11) is 0. The second kappa shape index (κ2) is 4.59. The summed E-state index contributed by atoms with van der Waals surface area (Å²) in [4.78, 5) is 0. The van der Waals surface area contributed by atoms with E-state index in [1.807, 2.05) is 50.3 Å². The van der Waals surface area contributed by atoms with Crippen LogP contribution in [0.15, 0.2) is 69.3 Å². The third kappa shape index (κ3) is 2.26. The van der Waals surface area contributed by atoms with E-state index in [2.05, 4.69) is 21.7 Å². The van der Waals surface area contributed by atoms with E-state index in [9.17, 15) is 0 Å². The molecule has 0 radical (unpaired) electrons. The molecule has 0 amide bonds. The lowest BCUT2D eigenvalue weighted by atomic mass is 10.2. The highest BCUT2D eigenvalue weighted by molar-refractivity contribution is 6.04. The van der Waals surface area contributed by atoms with Crippen LogP contribution in [0.4, 0.5) is 0 Å². The molecule has 0 bridgehead atoms. The first-order valence-corrected chi connectivity index (χ1v) is 5.14. The molecule has 2 rings (SSSR count). The SMILES string of the molecule is C/C(=N\N=C(/C)C1=C=CC=C1)C1=C=CC=C1. The summed E-state index contributed by atoms with van der Waals surface area (Å²) < 4.78 is 0. The van der Waals surface area contributed by atoms with Gasteiger partial charge in [-0.25, -0.2) is 0 Å². The van der Waals surface area contributed by atoms with Crippen LogP contribution >= 0.6 is 0 Å². The van der Waals surface area contributed by atoms with Gasteiger partial charge < -0.3 is 0 Å². The molecule has 0 atom stereocenters. The Morgan fingerprint density at radius 1 is 0.875 bits per heavy atom. The van der Waals surface area contributed by atoms with Crippen LogP contribution in [0.1, 0.15) is 13.8 Å². The van der Waals surface area contributed by atoms with E-state index in [-0.39, 0.29) is 0 Å². The lowest BCUT2D eigenvalue weighted by molar-refractivity contribution is 1.22. The molecule has 2 heteroatoms. The predicted molar refractivity (Wildman–Crippen MR) is 67.7 cm³/mol. The Balaban J connectivity index is 2.16. The average molecular weight is 208 g/mol. The van der Waals surface area contributed by atoms with E-state index in [0.29, 0.717) is 0 Å². The topological polar surface area (TPSA) is 24.7 Å². The molecule has 2 aliphatic carbocycles. The zero-order valence-electron chi connectivity index (χ0n) is 9.36. The highest BCUT2D eigenvalue weighted by atomic mass is 15.2. The third-order valence-electron chi connectivity index (χ3n) is 2.33. The molecule has 16 heavy (non-hydrogen) atoms. The summed E-state index contributed by atoms with van der Waals surface area (Å²) in [6.45, 7) is 3.86. The molecule has 0 aromatic rings. The van der Waals surface area contributed by atoms with Crippen LogP contribution in [0.2, 0.25) is 0 Å². The molecule has 0 heterocycles. The van der Waals surface area contributed by atoms with Crippen molar-refractivity contribution >= 4 is 11.4 Å². The summed E-state index contributed by atoms with van der Waals surface area (Å²) in [6, 6.07) is 0. The zero-order chi connectivity index (χ0) is 11.4. The van der Waals surface area contributed by atoms with E-state index in [0.717, 1.165) is 22.6 Å². The van der Waals surface area contributed by atoms with Crippen molar-refractivity contribution in [3.05, 3.63) is 59.1 Å². The van der Waals surface area contributed by atoms with Gasteiger partial charge in [-0.2, -0.15) is 10.2 Å². The number of rotatable bonds is 3. The Kier molecular flexibility index (Phi) is 2.98. The molecule has 0 aromatic carbocycles.